The zero-order valence-electron chi connectivity index (χ0n) is 17.0. The normalized spacial score (nSPS) is 16.2. The first kappa shape index (κ1) is 19.6. The summed E-state index contributed by atoms with van der Waals surface area (Å²) in [5, 5.41) is 5.14. The van der Waals surface area contributed by atoms with Crippen molar-refractivity contribution < 1.29 is 4.79 Å². The van der Waals surface area contributed by atoms with Crippen molar-refractivity contribution in [2.45, 2.75) is 30.0 Å². The van der Waals surface area contributed by atoms with E-state index in [1.54, 1.807) is 21.3 Å². The first-order chi connectivity index (χ1) is 15.1. The van der Waals surface area contributed by atoms with Gasteiger partial charge in [-0.3, -0.25) is 14.2 Å². The Morgan fingerprint density at radius 3 is 2.74 bits per heavy atom. The molecule has 7 nitrogen and oxygen atoms in total. The van der Waals surface area contributed by atoms with Gasteiger partial charge < -0.3 is 4.90 Å². The van der Waals surface area contributed by atoms with Crippen LogP contribution < -0.4 is 10.5 Å². The van der Waals surface area contributed by atoms with Crippen molar-refractivity contribution in [2.24, 2.45) is 0 Å². The summed E-state index contributed by atoms with van der Waals surface area (Å²) in [6.07, 6.45) is 3.84. The number of thioether (sulfide) groups is 1. The van der Waals surface area contributed by atoms with E-state index in [1.807, 2.05) is 54.6 Å². The first-order valence-electron chi connectivity index (χ1n) is 10.2. The van der Waals surface area contributed by atoms with Crippen LogP contribution in [0.2, 0.25) is 0 Å². The molecule has 0 saturated heterocycles. The molecule has 5 rings (SSSR count). The van der Waals surface area contributed by atoms with Gasteiger partial charge in [-0.15, -0.1) is 11.8 Å². The fourth-order valence-corrected chi connectivity index (χ4v) is 4.91. The predicted octanol–water partition coefficient (Wildman–Crippen LogP) is 3.50. The molecule has 1 atom stereocenters. The van der Waals surface area contributed by atoms with Crippen LogP contribution in [-0.4, -0.2) is 37.0 Å². The lowest BCUT2D eigenvalue weighted by Crippen LogP contribution is -2.37. The van der Waals surface area contributed by atoms with Gasteiger partial charge in [0.2, 0.25) is 5.91 Å². The molecule has 0 fully saturated rings. The Bertz CT molecular complexity index is 1310. The van der Waals surface area contributed by atoms with Gasteiger partial charge in [-0.1, -0.05) is 37.3 Å². The van der Waals surface area contributed by atoms with E-state index in [-0.39, 0.29) is 18.0 Å². The van der Waals surface area contributed by atoms with Crippen LogP contribution in [0.4, 0.5) is 5.69 Å². The number of aromatic nitrogens is 4. The fraction of sp³-hybridized carbons (Fsp3) is 0.217. The van der Waals surface area contributed by atoms with Crippen molar-refractivity contribution in [3.63, 3.8) is 0 Å². The second-order valence-corrected chi connectivity index (χ2v) is 9.02. The average molecular weight is 432 g/mol. The molecule has 0 N–H and O–H groups in total. The maximum Gasteiger partial charge on any atom is 0.264 e. The Morgan fingerprint density at radius 1 is 1.13 bits per heavy atom. The van der Waals surface area contributed by atoms with Crippen molar-refractivity contribution in [2.75, 3.05) is 11.4 Å². The van der Waals surface area contributed by atoms with Crippen molar-refractivity contribution in [3.05, 3.63) is 77.5 Å². The molecule has 0 radical (unpaired) electrons. The van der Waals surface area contributed by atoms with Gasteiger partial charge in [0.25, 0.3) is 5.56 Å². The second-order valence-electron chi connectivity index (χ2n) is 7.54. The van der Waals surface area contributed by atoms with Crippen LogP contribution >= 0.6 is 11.8 Å². The fourth-order valence-electron chi connectivity index (χ4n) is 3.80. The third kappa shape index (κ3) is 3.63. The number of rotatable bonds is 3. The highest BCUT2D eigenvalue weighted by Crippen LogP contribution is 2.37. The number of carbonyl (C=O) groups is 1. The van der Waals surface area contributed by atoms with Crippen molar-refractivity contribution in [1.29, 1.82) is 0 Å². The molecule has 8 heteroatoms. The summed E-state index contributed by atoms with van der Waals surface area (Å²) in [6, 6.07) is 17.5. The maximum atomic E-state index is 13.2. The standard InChI is InChI=1S/C23H21N5O2S/c1-16-11-12-27(19-9-5-6-10-20(19)31-16)21(29)14-26-15-24-22-18(23(26)30)13-25-28(22)17-7-3-2-4-8-17/h2-10,13,15-16H,11-12,14H2,1H3/t16-/m0/s1. The Hall–Kier alpha value is -3.39. The van der Waals surface area contributed by atoms with Gasteiger partial charge >= 0.3 is 0 Å². The van der Waals surface area contributed by atoms with Crippen LogP contribution in [-0.2, 0) is 11.3 Å². The van der Waals surface area contributed by atoms with E-state index in [0.29, 0.717) is 22.8 Å². The molecule has 0 unspecified atom stereocenters. The lowest BCUT2D eigenvalue weighted by Gasteiger charge is -2.22. The summed E-state index contributed by atoms with van der Waals surface area (Å²) in [4.78, 5) is 33.6. The molecule has 1 aliphatic rings. The van der Waals surface area contributed by atoms with Crippen LogP contribution in [0, 0.1) is 0 Å². The molecule has 0 bridgehead atoms. The van der Waals surface area contributed by atoms with Crippen molar-refractivity contribution >= 4 is 34.4 Å². The van der Waals surface area contributed by atoms with Gasteiger partial charge in [0.15, 0.2) is 5.65 Å². The summed E-state index contributed by atoms with van der Waals surface area (Å²) in [5.41, 5.74) is 1.93. The number of para-hydroxylation sites is 2. The summed E-state index contributed by atoms with van der Waals surface area (Å²) in [5.74, 6) is -0.124. The quantitative estimate of drug-likeness (QED) is 0.496. The van der Waals surface area contributed by atoms with Crippen LogP contribution in [0.5, 0.6) is 0 Å². The van der Waals surface area contributed by atoms with E-state index < -0.39 is 0 Å². The molecule has 1 amide bonds. The molecule has 0 aliphatic carbocycles. The molecular weight excluding hydrogens is 410 g/mol. The zero-order valence-corrected chi connectivity index (χ0v) is 17.8. The molecule has 31 heavy (non-hydrogen) atoms. The number of benzene rings is 2. The zero-order chi connectivity index (χ0) is 21.4. The molecule has 2 aromatic carbocycles. The second kappa shape index (κ2) is 8.03. The van der Waals surface area contributed by atoms with Gasteiger partial charge in [0.05, 0.1) is 17.6 Å². The van der Waals surface area contributed by atoms with Gasteiger partial charge in [0.1, 0.15) is 18.3 Å². The van der Waals surface area contributed by atoms with Crippen molar-refractivity contribution in [3.8, 4) is 5.69 Å². The molecule has 4 aromatic rings. The molecule has 0 saturated carbocycles. The van der Waals surface area contributed by atoms with Gasteiger partial charge in [-0.05, 0) is 30.7 Å². The molecule has 2 aromatic heterocycles. The number of carbonyl (C=O) groups excluding carboxylic acids is 1. The number of amides is 1. The van der Waals surface area contributed by atoms with Gasteiger partial charge in [0, 0.05) is 16.7 Å². The predicted molar refractivity (Wildman–Crippen MR) is 122 cm³/mol. The SMILES string of the molecule is C[C@H]1CCN(C(=O)Cn2cnc3c(cnn3-c3ccccc3)c2=O)c2ccccc2S1. The lowest BCUT2D eigenvalue weighted by molar-refractivity contribution is -0.119. The Morgan fingerprint density at radius 2 is 1.90 bits per heavy atom. The minimum absolute atomic E-state index is 0.0638. The van der Waals surface area contributed by atoms with E-state index in [0.717, 1.165) is 22.7 Å². The Kier molecular flexibility index (Phi) is 5.07. The topological polar surface area (TPSA) is 73.0 Å². The van der Waals surface area contributed by atoms with Crippen LogP contribution in [0.25, 0.3) is 16.7 Å². The number of nitrogens with zero attached hydrogens (tertiary/aromatic N) is 5. The average Bonchev–Trinajstić information content (AvgIpc) is 3.14. The Labute approximate surface area is 183 Å². The monoisotopic (exact) mass is 431 g/mol. The highest BCUT2D eigenvalue weighted by molar-refractivity contribution is 8.00. The van der Waals surface area contributed by atoms with E-state index in [9.17, 15) is 9.59 Å². The van der Waals surface area contributed by atoms with Crippen LogP contribution in [0.3, 0.4) is 0 Å². The van der Waals surface area contributed by atoms with Gasteiger partial charge in [-0.25, -0.2) is 9.67 Å². The minimum atomic E-state index is -0.272. The van der Waals surface area contributed by atoms with Crippen molar-refractivity contribution in [1.82, 2.24) is 19.3 Å². The molecule has 1 aliphatic heterocycles. The van der Waals surface area contributed by atoms with Crippen LogP contribution in [0.15, 0.2) is 76.8 Å². The number of hydrogen-bond acceptors (Lipinski definition) is 5. The smallest absolute Gasteiger partial charge is 0.264 e. The highest BCUT2D eigenvalue weighted by atomic mass is 32.2. The first-order valence-corrected chi connectivity index (χ1v) is 11.0. The summed E-state index contributed by atoms with van der Waals surface area (Å²) in [6.45, 7) is 2.73. The van der Waals surface area contributed by atoms with E-state index in [4.69, 9.17) is 0 Å². The lowest BCUT2D eigenvalue weighted by atomic mass is 10.2. The summed E-state index contributed by atoms with van der Waals surface area (Å²) >= 11 is 1.78. The third-order valence-electron chi connectivity index (χ3n) is 5.41. The minimum Gasteiger partial charge on any atom is -0.310 e. The molecule has 0 spiro atoms. The number of fused-ring (bicyclic) bond motifs is 2. The summed E-state index contributed by atoms with van der Waals surface area (Å²) < 4.78 is 3.00. The highest BCUT2D eigenvalue weighted by Gasteiger charge is 2.24. The third-order valence-corrected chi connectivity index (χ3v) is 6.64. The number of anilines is 1. The van der Waals surface area contributed by atoms with Gasteiger partial charge in [-0.2, -0.15) is 5.10 Å². The molecule has 3 heterocycles. The maximum absolute atomic E-state index is 13.2. The molecule has 156 valence electrons. The van der Waals surface area contributed by atoms with E-state index >= 15 is 0 Å². The Balaban J connectivity index is 1.47. The summed E-state index contributed by atoms with van der Waals surface area (Å²) in [7, 11) is 0. The van der Waals surface area contributed by atoms with E-state index in [2.05, 4.69) is 17.0 Å². The largest absolute Gasteiger partial charge is 0.310 e. The number of hydrogen-bond donors (Lipinski definition) is 0. The molecular formula is C23H21N5O2S. The van der Waals surface area contributed by atoms with Crippen LogP contribution in [0.1, 0.15) is 13.3 Å². The van der Waals surface area contributed by atoms with E-state index in [1.165, 1.54) is 17.1 Å².